The molecule has 0 atom stereocenters. The summed E-state index contributed by atoms with van der Waals surface area (Å²) in [5, 5.41) is 5.60. The van der Waals surface area contributed by atoms with Gasteiger partial charge in [0.25, 0.3) is 0 Å². The molecular formula is C21H25N3O3. The molecule has 3 amide bonds. The van der Waals surface area contributed by atoms with Gasteiger partial charge in [0.1, 0.15) is 12.4 Å². The van der Waals surface area contributed by atoms with Crippen molar-refractivity contribution in [1.82, 2.24) is 0 Å². The molecule has 1 heterocycles. The highest BCUT2D eigenvalue weighted by molar-refractivity contribution is 6.02. The predicted molar refractivity (Wildman–Crippen MR) is 108 cm³/mol. The maximum Gasteiger partial charge on any atom is 0.323 e. The van der Waals surface area contributed by atoms with Crippen LogP contribution in [0.25, 0.3) is 0 Å². The van der Waals surface area contributed by atoms with Gasteiger partial charge in [0.05, 0.1) is 11.1 Å². The minimum atomic E-state index is -0.606. The van der Waals surface area contributed by atoms with Gasteiger partial charge in [0.15, 0.2) is 0 Å². The molecule has 142 valence electrons. The summed E-state index contributed by atoms with van der Waals surface area (Å²) in [7, 11) is 0. The first-order valence-corrected chi connectivity index (χ1v) is 9.03. The van der Waals surface area contributed by atoms with Crippen molar-refractivity contribution in [3.05, 3.63) is 48.0 Å². The first kappa shape index (κ1) is 18.8. The topological polar surface area (TPSA) is 70.7 Å². The van der Waals surface area contributed by atoms with Crippen LogP contribution in [0.1, 0.15) is 26.3 Å². The van der Waals surface area contributed by atoms with Gasteiger partial charge in [-0.3, -0.25) is 4.79 Å². The third kappa shape index (κ3) is 4.05. The monoisotopic (exact) mass is 367 g/mol. The summed E-state index contributed by atoms with van der Waals surface area (Å²) < 4.78 is 5.89. The highest BCUT2D eigenvalue weighted by Gasteiger charge is 2.37. The van der Waals surface area contributed by atoms with Crippen molar-refractivity contribution in [3.63, 3.8) is 0 Å². The summed E-state index contributed by atoms with van der Waals surface area (Å²) in [4.78, 5) is 26.7. The molecule has 2 aromatic carbocycles. The first-order valence-electron chi connectivity index (χ1n) is 9.03. The van der Waals surface area contributed by atoms with Gasteiger partial charge in [-0.1, -0.05) is 17.7 Å². The molecule has 0 unspecified atom stereocenters. The van der Waals surface area contributed by atoms with Crippen LogP contribution in [-0.2, 0) is 4.79 Å². The van der Waals surface area contributed by atoms with Gasteiger partial charge in [-0.15, -0.1) is 0 Å². The van der Waals surface area contributed by atoms with Crippen molar-refractivity contribution in [1.29, 1.82) is 0 Å². The molecule has 0 bridgehead atoms. The van der Waals surface area contributed by atoms with E-state index >= 15 is 0 Å². The maximum absolute atomic E-state index is 12.7. The van der Waals surface area contributed by atoms with Crippen molar-refractivity contribution in [2.24, 2.45) is 5.41 Å². The van der Waals surface area contributed by atoms with E-state index in [1.165, 1.54) is 0 Å². The molecule has 0 fully saturated rings. The van der Waals surface area contributed by atoms with Gasteiger partial charge in [-0.25, -0.2) is 4.79 Å². The van der Waals surface area contributed by atoms with Crippen molar-refractivity contribution < 1.29 is 14.3 Å². The fraction of sp³-hybridized carbons (Fsp3) is 0.333. The average Bonchev–Trinajstić information content (AvgIpc) is 2.72. The Balaban J connectivity index is 1.78. The molecule has 27 heavy (non-hydrogen) atoms. The molecule has 2 N–H and O–H groups in total. The molecule has 6 heteroatoms. The number of benzene rings is 2. The Morgan fingerprint density at radius 3 is 2.41 bits per heavy atom. The fourth-order valence-corrected chi connectivity index (χ4v) is 2.97. The van der Waals surface area contributed by atoms with Gasteiger partial charge in [-0.2, -0.15) is 0 Å². The van der Waals surface area contributed by atoms with Gasteiger partial charge >= 0.3 is 6.03 Å². The van der Waals surface area contributed by atoms with Gasteiger partial charge < -0.3 is 20.3 Å². The number of ether oxygens (including phenoxy) is 1. The fourth-order valence-electron chi connectivity index (χ4n) is 2.97. The van der Waals surface area contributed by atoms with Crippen LogP contribution in [0.2, 0.25) is 0 Å². The second kappa shape index (κ2) is 7.31. The number of hydrogen-bond donors (Lipinski definition) is 2. The number of hydrogen-bond acceptors (Lipinski definition) is 3. The zero-order valence-corrected chi connectivity index (χ0v) is 16.1. The van der Waals surface area contributed by atoms with E-state index in [0.717, 1.165) is 11.3 Å². The summed E-state index contributed by atoms with van der Waals surface area (Å²) in [6.45, 7) is 8.51. The molecule has 0 saturated heterocycles. The van der Waals surface area contributed by atoms with Gasteiger partial charge in [0, 0.05) is 24.0 Å². The predicted octanol–water partition coefficient (Wildman–Crippen LogP) is 4.41. The highest BCUT2D eigenvalue weighted by Crippen LogP contribution is 2.38. The van der Waals surface area contributed by atoms with Crippen LogP contribution >= 0.6 is 0 Å². The average molecular weight is 367 g/mol. The molecule has 2 aromatic rings. The third-order valence-corrected chi connectivity index (χ3v) is 4.55. The minimum Gasteiger partial charge on any atom is -0.490 e. The summed E-state index contributed by atoms with van der Waals surface area (Å²) in [6.07, 6.45) is 0. The smallest absolute Gasteiger partial charge is 0.323 e. The second-order valence-electron chi connectivity index (χ2n) is 7.35. The van der Waals surface area contributed by atoms with Gasteiger partial charge in [-0.05, 0) is 52.0 Å². The molecule has 3 rings (SSSR count). The van der Waals surface area contributed by atoms with Crippen LogP contribution in [-0.4, -0.2) is 25.1 Å². The lowest BCUT2D eigenvalue weighted by Gasteiger charge is -2.26. The lowest BCUT2D eigenvalue weighted by atomic mass is 9.93. The van der Waals surface area contributed by atoms with E-state index in [9.17, 15) is 9.59 Å². The molecule has 0 radical (unpaired) electrons. The SMILES string of the molecule is CCN1C(=O)C(C)(C)COc2cc(NC(=O)Nc3ccc(C)cc3)ccc21. The van der Waals surface area contributed by atoms with Crippen molar-refractivity contribution >= 4 is 29.0 Å². The Labute approximate surface area is 159 Å². The number of rotatable bonds is 3. The number of nitrogens with one attached hydrogen (secondary N) is 2. The van der Waals surface area contributed by atoms with Crippen LogP contribution in [0.4, 0.5) is 21.9 Å². The van der Waals surface area contributed by atoms with Crippen LogP contribution in [0.15, 0.2) is 42.5 Å². The molecule has 1 aliphatic rings. The van der Waals surface area contributed by atoms with Crippen molar-refractivity contribution in [3.8, 4) is 5.75 Å². The van der Waals surface area contributed by atoms with E-state index in [0.29, 0.717) is 23.7 Å². The Bertz CT molecular complexity index is 859. The van der Waals surface area contributed by atoms with Crippen molar-refractivity contribution in [2.45, 2.75) is 27.7 Å². The zero-order valence-electron chi connectivity index (χ0n) is 16.1. The Morgan fingerprint density at radius 2 is 1.74 bits per heavy atom. The maximum atomic E-state index is 12.7. The van der Waals surface area contributed by atoms with Gasteiger partial charge in [0.2, 0.25) is 5.91 Å². The molecule has 1 aliphatic heterocycles. The Morgan fingerprint density at radius 1 is 1.11 bits per heavy atom. The number of aryl methyl sites for hydroxylation is 1. The molecule has 6 nitrogen and oxygen atoms in total. The summed E-state index contributed by atoms with van der Waals surface area (Å²) in [5.74, 6) is 0.616. The second-order valence-corrected chi connectivity index (χ2v) is 7.35. The van der Waals surface area contributed by atoms with Crippen LogP contribution in [0.3, 0.4) is 0 Å². The lowest BCUT2D eigenvalue weighted by molar-refractivity contribution is -0.127. The number of fused-ring (bicyclic) bond motifs is 1. The van der Waals surface area contributed by atoms with E-state index in [-0.39, 0.29) is 18.5 Å². The standard InChI is InChI=1S/C21H25N3O3/c1-5-24-17-11-10-16(12-18(17)27-13-21(3,4)19(24)25)23-20(26)22-15-8-6-14(2)7-9-15/h6-12H,5,13H2,1-4H3,(H2,22,23,26). The Hall–Kier alpha value is -3.02. The normalized spacial score (nSPS) is 15.4. The molecule has 0 saturated carbocycles. The minimum absolute atomic E-state index is 0.0292. The molecule has 0 aliphatic carbocycles. The van der Waals surface area contributed by atoms with Crippen LogP contribution < -0.4 is 20.3 Å². The number of urea groups is 1. The molecular weight excluding hydrogens is 342 g/mol. The van der Waals surface area contributed by atoms with E-state index < -0.39 is 5.41 Å². The molecule has 0 spiro atoms. The largest absolute Gasteiger partial charge is 0.490 e. The quantitative estimate of drug-likeness (QED) is 0.844. The number of nitrogens with zero attached hydrogens (tertiary/aromatic N) is 1. The molecule has 0 aromatic heterocycles. The third-order valence-electron chi connectivity index (χ3n) is 4.55. The summed E-state index contributed by atoms with van der Waals surface area (Å²) in [6, 6.07) is 12.6. The van der Waals surface area contributed by atoms with E-state index in [1.807, 2.05) is 52.0 Å². The van der Waals surface area contributed by atoms with E-state index in [1.54, 1.807) is 23.1 Å². The number of carbonyl (C=O) groups excluding carboxylic acids is 2. The van der Waals surface area contributed by atoms with Crippen LogP contribution in [0.5, 0.6) is 5.75 Å². The lowest BCUT2D eigenvalue weighted by Crippen LogP contribution is -2.42. The van der Waals surface area contributed by atoms with E-state index in [4.69, 9.17) is 4.74 Å². The summed E-state index contributed by atoms with van der Waals surface area (Å²) >= 11 is 0. The summed E-state index contributed by atoms with van der Waals surface area (Å²) in [5.41, 5.74) is 2.56. The zero-order chi connectivity index (χ0) is 19.6. The number of amides is 3. The van der Waals surface area contributed by atoms with Crippen molar-refractivity contribution in [2.75, 3.05) is 28.7 Å². The number of anilines is 3. The Kier molecular flexibility index (Phi) is 5.08. The van der Waals surface area contributed by atoms with Crippen LogP contribution in [0, 0.1) is 12.3 Å². The number of carbonyl (C=O) groups is 2. The first-order chi connectivity index (χ1) is 12.8. The van der Waals surface area contributed by atoms with E-state index in [2.05, 4.69) is 10.6 Å². The highest BCUT2D eigenvalue weighted by atomic mass is 16.5.